The number of aliphatic carboxylic acids is 1. The molecule has 0 saturated carbocycles. The maximum Gasteiger partial charge on any atom is 0.345 e. The van der Waals surface area contributed by atoms with E-state index in [4.69, 9.17) is 18.9 Å². The van der Waals surface area contributed by atoms with Gasteiger partial charge in [0.2, 0.25) is 11.4 Å². The summed E-state index contributed by atoms with van der Waals surface area (Å²) in [6.45, 7) is 0.861. The Morgan fingerprint density at radius 1 is 0.689 bits per heavy atom. The van der Waals surface area contributed by atoms with Crippen LogP contribution in [0, 0.1) is 0 Å². The molecule has 0 aromatic heterocycles. The van der Waals surface area contributed by atoms with Crippen molar-refractivity contribution in [3.05, 3.63) is 166 Å². The number of carbonyl (C=O) groups is 1. The van der Waals surface area contributed by atoms with Crippen LogP contribution in [0.1, 0.15) is 27.8 Å². The lowest BCUT2D eigenvalue weighted by Gasteiger charge is -2.30. The van der Waals surface area contributed by atoms with Gasteiger partial charge < -0.3 is 24.1 Å². The fourth-order valence-corrected chi connectivity index (χ4v) is 5.56. The van der Waals surface area contributed by atoms with Crippen molar-refractivity contribution in [1.82, 2.24) is 0 Å². The fraction of sp³-hybridized carbons (Fsp3) is 0.132. The smallest absolute Gasteiger partial charge is 0.345 e. The highest BCUT2D eigenvalue weighted by Crippen LogP contribution is 2.49. The molecular weight excluding hydrogens is 632 g/mol. The lowest BCUT2D eigenvalue weighted by atomic mass is 9.82. The molecule has 0 aliphatic carbocycles. The number of rotatable bonds is 12. The first-order chi connectivity index (χ1) is 22.0. The van der Waals surface area contributed by atoms with Gasteiger partial charge in [-0.25, -0.2) is 4.79 Å². The standard InChI is InChI=1S/C38H31BrO6/c39-32-18-16-30(17-19-32)33-20-21-45-38(33,37(40)41)31-22-34(42-24-27-10-4-1-5-11-27)36(44-26-29-14-8-3-9-15-29)35(23-31)43-25-28-12-6-2-7-13-28/h1-20,22-23H,21,24-26H2,(H,40,41). The van der Waals surface area contributed by atoms with E-state index < -0.39 is 11.6 Å². The Morgan fingerprint density at radius 2 is 1.16 bits per heavy atom. The van der Waals surface area contributed by atoms with Gasteiger partial charge in [0.25, 0.3) is 0 Å². The molecule has 0 amide bonds. The average Bonchev–Trinajstić information content (AvgIpc) is 3.54. The zero-order valence-corrected chi connectivity index (χ0v) is 26.0. The van der Waals surface area contributed by atoms with E-state index >= 15 is 0 Å². The van der Waals surface area contributed by atoms with E-state index in [2.05, 4.69) is 15.9 Å². The van der Waals surface area contributed by atoms with Crippen LogP contribution in [0.3, 0.4) is 0 Å². The van der Waals surface area contributed by atoms with Crippen molar-refractivity contribution in [3.63, 3.8) is 0 Å². The number of ether oxygens (including phenoxy) is 4. The Labute approximate surface area is 270 Å². The minimum atomic E-state index is -1.80. The fourth-order valence-electron chi connectivity index (χ4n) is 5.30. The molecule has 1 atom stereocenters. The Morgan fingerprint density at radius 3 is 1.62 bits per heavy atom. The predicted octanol–water partition coefficient (Wildman–Crippen LogP) is 8.58. The zero-order chi connectivity index (χ0) is 31.1. The van der Waals surface area contributed by atoms with E-state index in [1.54, 1.807) is 12.1 Å². The van der Waals surface area contributed by atoms with Crippen LogP contribution < -0.4 is 14.2 Å². The third-order valence-electron chi connectivity index (χ3n) is 7.55. The monoisotopic (exact) mass is 662 g/mol. The molecule has 0 saturated heterocycles. The molecule has 1 heterocycles. The van der Waals surface area contributed by atoms with Crippen LogP contribution in [0.4, 0.5) is 0 Å². The Hall–Kier alpha value is -4.85. The molecule has 1 aliphatic rings. The molecule has 0 bridgehead atoms. The summed E-state index contributed by atoms with van der Waals surface area (Å²) in [5.41, 5.74) is 2.69. The zero-order valence-electron chi connectivity index (χ0n) is 24.4. The maximum atomic E-state index is 13.3. The Kier molecular flexibility index (Phi) is 9.29. The molecule has 1 unspecified atom stereocenters. The Bertz CT molecular complexity index is 1710. The molecule has 226 valence electrons. The van der Waals surface area contributed by atoms with Gasteiger partial charge in [-0.05, 0) is 46.5 Å². The minimum absolute atomic E-state index is 0.129. The molecule has 1 aliphatic heterocycles. The van der Waals surface area contributed by atoms with Gasteiger partial charge in [-0.2, -0.15) is 0 Å². The first-order valence-electron chi connectivity index (χ1n) is 14.6. The summed E-state index contributed by atoms with van der Waals surface area (Å²) >= 11 is 3.47. The van der Waals surface area contributed by atoms with Crippen molar-refractivity contribution in [2.24, 2.45) is 0 Å². The van der Waals surface area contributed by atoms with Crippen molar-refractivity contribution >= 4 is 27.5 Å². The number of carboxylic acids is 1. The van der Waals surface area contributed by atoms with E-state index in [1.807, 2.05) is 121 Å². The van der Waals surface area contributed by atoms with Gasteiger partial charge >= 0.3 is 5.97 Å². The van der Waals surface area contributed by atoms with E-state index in [9.17, 15) is 9.90 Å². The van der Waals surface area contributed by atoms with Crippen molar-refractivity contribution in [2.75, 3.05) is 6.61 Å². The first-order valence-corrected chi connectivity index (χ1v) is 15.3. The highest BCUT2D eigenvalue weighted by atomic mass is 79.9. The quantitative estimate of drug-likeness (QED) is 0.144. The summed E-state index contributed by atoms with van der Waals surface area (Å²) in [5.74, 6) is -0.0689. The molecule has 6 rings (SSSR count). The van der Waals surface area contributed by atoms with Gasteiger partial charge in [-0.3, -0.25) is 0 Å². The van der Waals surface area contributed by atoms with E-state index in [-0.39, 0.29) is 26.4 Å². The summed E-state index contributed by atoms with van der Waals surface area (Å²) in [4.78, 5) is 13.3. The third kappa shape index (κ3) is 6.80. The highest BCUT2D eigenvalue weighted by molar-refractivity contribution is 9.10. The van der Waals surface area contributed by atoms with Crippen LogP contribution in [-0.4, -0.2) is 17.7 Å². The molecular formula is C38H31BrO6. The molecule has 0 fully saturated rings. The van der Waals surface area contributed by atoms with Crippen LogP contribution in [0.2, 0.25) is 0 Å². The van der Waals surface area contributed by atoms with Crippen LogP contribution in [0.15, 0.2) is 138 Å². The van der Waals surface area contributed by atoms with Crippen molar-refractivity contribution < 1.29 is 28.8 Å². The number of halogens is 1. The Balaban J connectivity index is 1.47. The lowest BCUT2D eigenvalue weighted by Crippen LogP contribution is -2.37. The van der Waals surface area contributed by atoms with Gasteiger partial charge in [-0.15, -0.1) is 0 Å². The summed E-state index contributed by atoms with van der Waals surface area (Å²) < 4.78 is 26.2. The topological polar surface area (TPSA) is 74.2 Å². The van der Waals surface area contributed by atoms with E-state index in [0.717, 1.165) is 26.7 Å². The molecule has 1 N–H and O–H groups in total. The van der Waals surface area contributed by atoms with Gasteiger partial charge in [0.05, 0.1) is 6.61 Å². The number of carboxylic acid groups (broad SMARTS) is 1. The molecule has 6 nitrogen and oxygen atoms in total. The molecule has 5 aromatic rings. The third-order valence-corrected chi connectivity index (χ3v) is 8.08. The SMILES string of the molecule is O=C(O)C1(c2cc(OCc3ccccc3)c(OCc3ccccc3)c(OCc3ccccc3)c2)OCC=C1c1ccc(Br)cc1. The van der Waals surface area contributed by atoms with Crippen LogP contribution in [0.25, 0.3) is 5.57 Å². The van der Waals surface area contributed by atoms with Crippen molar-refractivity contribution in [2.45, 2.75) is 25.4 Å². The van der Waals surface area contributed by atoms with Gasteiger partial charge in [0.15, 0.2) is 11.5 Å². The molecule has 45 heavy (non-hydrogen) atoms. The van der Waals surface area contributed by atoms with Crippen LogP contribution in [-0.2, 0) is 35.0 Å². The molecule has 5 aromatic carbocycles. The number of hydrogen-bond acceptors (Lipinski definition) is 5. The average molecular weight is 664 g/mol. The second kappa shape index (κ2) is 13.8. The molecule has 0 spiro atoms. The largest absolute Gasteiger partial charge is 0.485 e. The first kappa shape index (κ1) is 30.2. The van der Waals surface area contributed by atoms with Crippen LogP contribution >= 0.6 is 15.9 Å². The number of hydrogen-bond donors (Lipinski definition) is 1. The van der Waals surface area contributed by atoms with E-state index in [0.29, 0.717) is 28.4 Å². The summed E-state index contributed by atoms with van der Waals surface area (Å²) in [7, 11) is 0. The second-order valence-electron chi connectivity index (χ2n) is 10.5. The summed E-state index contributed by atoms with van der Waals surface area (Å²) in [6.07, 6.45) is 1.81. The van der Waals surface area contributed by atoms with Gasteiger partial charge in [-0.1, -0.05) is 125 Å². The predicted molar refractivity (Wildman–Crippen MR) is 176 cm³/mol. The van der Waals surface area contributed by atoms with Crippen LogP contribution in [0.5, 0.6) is 17.2 Å². The maximum absolute atomic E-state index is 13.3. The van der Waals surface area contributed by atoms with E-state index in [1.165, 1.54) is 0 Å². The van der Waals surface area contributed by atoms with Gasteiger partial charge in [0, 0.05) is 15.6 Å². The lowest BCUT2D eigenvalue weighted by molar-refractivity contribution is -0.156. The number of benzene rings is 5. The van der Waals surface area contributed by atoms with Gasteiger partial charge in [0.1, 0.15) is 19.8 Å². The molecule has 0 radical (unpaired) electrons. The van der Waals surface area contributed by atoms with Crippen molar-refractivity contribution in [3.8, 4) is 17.2 Å². The molecule has 7 heteroatoms. The second-order valence-corrected chi connectivity index (χ2v) is 11.5. The summed E-state index contributed by atoms with van der Waals surface area (Å²) in [6, 6.07) is 40.2. The minimum Gasteiger partial charge on any atom is -0.485 e. The summed E-state index contributed by atoms with van der Waals surface area (Å²) in [5, 5.41) is 10.8. The normalized spacial score (nSPS) is 15.7. The van der Waals surface area contributed by atoms with Crippen molar-refractivity contribution in [1.29, 1.82) is 0 Å². The highest BCUT2D eigenvalue weighted by Gasteiger charge is 2.49.